The number of aromatic nitrogens is 2. The highest BCUT2D eigenvalue weighted by Crippen LogP contribution is 2.26. The number of thioether (sulfide) groups is 1. The van der Waals surface area contributed by atoms with Gasteiger partial charge in [-0.15, -0.1) is 0 Å². The van der Waals surface area contributed by atoms with Crippen LogP contribution >= 0.6 is 11.8 Å². The van der Waals surface area contributed by atoms with E-state index in [0.717, 1.165) is 22.9 Å². The molecule has 0 fully saturated rings. The lowest BCUT2D eigenvalue weighted by Crippen LogP contribution is -2.25. The minimum absolute atomic E-state index is 0.0357. The van der Waals surface area contributed by atoms with Crippen molar-refractivity contribution in [2.24, 2.45) is 0 Å². The van der Waals surface area contributed by atoms with E-state index in [1.54, 1.807) is 10.6 Å². The summed E-state index contributed by atoms with van der Waals surface area (Å²) in [6.45, 7) is 2.80. The fourth-order valence-electron chi connectivity index (χ4n) is 3.41. The van der Waals surface area contributed by atoms with Gasteiger partial charge in [0.1, 0.15) is 12.4 Å². The van der Waals surface area contributed by atoms with E-state index in [2.05, 4.69) is 4.98 Å². The van der Waals surface area contributed by atoms with Crippen molar-refractivity contribution in [3.63, 3.8) is 0 Å². The van der Waals surface area contributed by atoms with Gasteiger partial charge in [0.15, 0.2) is 5.16 Å². The smallest absolute Gasteiger partial charge is 0.262 e. The molecule has 0 saturated carbocycles. The fourth-order valence-corrected chi connectivity index (χ4v) is 4.34. The topological polar surface area (TPSA) is 64.3 Å². The number of hydrogen-bond acceptors (Lipinski definition) is 5. The zero-order valence-corrected chi connectivity index (χ0v) is 17.6. The predicted octanol–water partition coefficient (Wildman–Crippen LogP) is 4.49. The van der Waals surface area contributed by atoms with E-state index in [9.17, 15) is 9.90 Å². The van der Waals surface area contributed by atoms with Crippen LogP contribution < -0.4 is 10.3 Å². The number of benzene rings is 3. The van der Waals surface area contributed by atoms with Crippen molar-refractivity contribution < 1.29 is 9.84 Å². The third-order valence-corrected chi connectivity index (χ3v) is 5.98. The molecule has 0 aliphatic carbocycles. The molecule has 5 nitrogen and oxygen atoms in total. The van der Waals surface area contributed by atoms with Gasteiger partial charge in [0.25, 0.3) is 5.56 Å². The van der Waals surface area contributed by atoms with E-state index in [0.29, 0.717) is 28.4 Å². The molecule has 30 heavy (non-hydrogen) atoms. The number of rotatable bonds is 8. The summed E-state index contributed by atoms with van der Waals surface area (Å²) in [5.41, 5.74) is 0.644. The molecule has 1 N–H and O–H groups in total. The second-order valence-electron chi connectivity index (χ2n) is 7.12. The van der Waals surface area contributed by atoms with Crippen molar-refractivity contribution in [1.82, 2.24) is 9.55 Å². The molecule has 0 bridgehead atoms. The Labute approximate surface area is 179 Å². The Hall–Kier alpha value is -2.83. The number of aliphatic hydroxyl groups excluding tert-OH is 1. The summed E-state index contributed by atoms with van der Waals surface area (Å²) in [6, 6.07) is 21.3. The minimum atomic E-state index is -0.688. The number of nitrogens with zero attached hydrogens (tertiary/aromatic N) is 2. The van der Waals surface area contributed by atoms with Crippen molar-refractivity contribution >= 4 is 33.4 Å². The van der Waals surface area contributed by atoms with E-state index in [4.69, 9.17) is 4.74 Å². The molecular weight excluding hydrogens is 396 g/mol. The van der Waals surface area contributed by atoms with Crippen molar-refractivity contribution in [3.8, 4) is 5.75 Å². The van der Waals surface area contributed by atoms with Gasteiger partial charge in [0.05, 0.1) is 17.0 Å². The summed E-state index contributed by atoms with van der Waals surface area (Å²) < 4.78 is 7.59. The monoisotopic (exact) mass is 420 g/mol. The number of aliphatic hydroxyl groups is 1. The van der Waals surface area contributed by atoms with E-state index in [1.165, 1.54) is 11.8 Å². The molecule has 0 aliphatic heterocycles. The highest BCUT2D eigenvalue weighted by molar-refractivity contribution is 7.99. The number of hydrogen-bond donors (Lipinski definition) is 1. The first-order valence-corrected chi connectivity index (χ1v) is 11.1. The molecular formula is C24H24N2O3S. The van der Waals surface area contributed by atoms with Gasteiger partial charge in [-0.2, -0.15) is 0 Å². The molecule has 1 aromatic heterocycles. The summed E-state index contributed by atoms with van der Waals surface area (Å²) in [5, 5.41) is 13.9. The second kappa shape index (κ2) is 9.32. The van der Waals surface area contributed by atoms with E-state index >= 15 is 0 Å². The Balaban J connectivity index is 1.47. The van der Waals surface area contributed by atoms with Crippen LogP contribution in [-0.2, 0) is 6.54 Å². The lowest BCUT2D eigenvalue weighted by atomic mass is 10.1. The van der Waals surface area contributed by atoms with Gasteiger partial charge >= 0.3 is 0 Å². The van der Waals surface area contributed by atoms with Crippen LogP contribution in [0.5, 0.6) is 5.75 Å². The van der Waals surface area contributed by atoms with Gasteiger partial charge in [0.2, 0.25) is 0 Å². The van der Waals surface area contributed by atoms with E-state index in [-0.39, 0.29) is 12.2 Å². The first kappa shape index (κ1) is 20.4. The second-order valence-corrected chi connectivity index (χ2v) is 8.11. The molecule has 4 aromatic rings. The molecule has 0 saturated heterocycles. The molecule has 1 heterocycles. The van der Waals surface area contributed by atoms with Gasteiger partial charge in [-0.1, -0.05) is 67.2 Å². The third-order valence-electron chi connectivity index (χ3n) is 4.86. The zero-order chi connectivity index (χ0) is 20.9. The number of para-hydroxylation sites is 1. The Kier molecular flexibility index (Phi) is 6.35. The van der Waals surface area contributed by atoms with Crippen molar-refractivity contribution in [2.45, 2.75) is 31.1 Å². The van der Waals surface area contributed by atoms with Crippen LogP contribution in [0.15, 0.2) is 76.7 Å². The van der Waals surface area contributed by atoms with Crippen molar-refractivity contribution in [2.75, 3.05) is 12.4 Å². The summed E-state index contributed by atoms with van der Waals surface area (Å²) in [6.07, 6.45) is 0.146. The maximum absolute atomic E-state index is 12.8. The normalized spacial score (nSPS) is 12.3. The summed E-state index contributed by atoms with van der Waals surface area (Å²) in [5.74, 6) is 1.14. The van der Waals surface area contributed by atoms with Crippen LogP contribution in [0, 0.1) is 0 Å². The Morgan fingerprint density at radius 2 is 1.77 bits per heavy atom. The first-order valence-electron chi connectivity index (χ1n) is 10.1. The van der Waals surface area contributed by atoms with Crippen LogP contribution in [0.1, 0.15) is 13.3 Å². The molecule has 6 heteroatoms. The lowest BCUT2D eigenvalue weighted by Gasteiger charge is -2.15. The van der Waals surface area contributed by atoms with E-state index < -0.39 is 6.10 Å². The number of ether oxygens (including phenoxy) is 1. The zero-order valence-electron chi connectivity index (χ0n) is 16.8. The SMILES string of the molecule is CCCn1c(SC[C@@H](O)COc2cccc3ccccc23)nc2ccccc2c1=O. The van der Waals surface area contributed by atoms with Gasteiger partial charge in [-0.25, -0.2) is 4.98 Å². The maximum Gasteiger partial charge on any atom is 0.262 e. The molecule has 0 unspecified atom stereocenters. The largest absolute Gasteiger partial charge is 0.490 e. The summed E-state index contributed by atoms with van der Waals surface area (Å²) in [7, 11) is 0. The Bertz CT molecular complexity index is 1220. The van der Waals surface area contributed by atoms with Crippen LogP contribution in [0.3, 0.4) is 0 Å². The number of fused-ring (bicyclic) bond motifs is 2. The Morgan fingerprint density at radius 3 is 2.60 bits per heavy atom. The molecule has 154 valence electrons. The molecule has 0 radical (unpaired) electrons. The summed E-state index contributed by atoms with van der Waals surface area (Å²) in [4.78, 5) is 17.5. The quantitative estimate of drug-likeness (QED) is 0.336. The maximum atomic E-state index is 12.8. The van der Waals surface area contributed by atoms with Gasteiger partial charge in [0, 0.05) is 17.7 Å². The van der Waals surface area contributed by atoms with Crippen molar-refractivity contribution in [3.05, 3.63) is 77.1 Å². The average Bonchev–Trinajstić information content (AvgIpc) is 2.78. The molecule has 1 atom stereocenters. The van der Waals surface area contributed by atoms with Crippen LogP contribution in [0.2, 0.25) is 0 Å². The van der Waals surface area contributed by atoms with Crippen molar-refractivity contribution in [1.29, 1.82) is 0 Å². The van der Waals surface area contributed by atoms with Crippen LogP contribution in [-0.4, -0.2) is 33.1 Å². The Morgan fingerprint density at radius 1 is 1.03 bits per heavy atom. The minimum Gasteiger partial charge on any atom is -0.490 e. The molecule has 0 aliphatic rings. The van der Waals surface area contributed by atoms with Gasteiger partial charge in [-0.05, 0) is 30.0 Å². The average molecular weight is 421 g/mol. The standard InChI is InChI=1S/C24H24N2O3S/c1-2-14-26-23(28)20-11-5-6-12-21(20)25-24(26)30-16-18(27)15-29-22-13-7-9-17-8-3-4-10-19(17)22/h3-13,18,27H,2,14-16H2,1H3/t18-/m0/s1. The van der Waals surface area contributed by atoms with Crippen LogP contribution in [0.4, 0.5) is 0 Å². The molecule has 4 rings (SSSR count). The lowest BCUT2D eigenvalue weighted by molar-refractivity contribution is 0.127. The highest BCUT2D eigenvalue weighted by Gasteiger charge is 2.14. The molecule has 0 spiro atoms. The highest BCUT2D eigenvalue weighted by atomic mass is 32.2. The predicted molar refractivity (Wildman–Crippen MR) is 122 cm³/mol. The summed E-state index contributed by atoms with van der Waals surface area (Å²) >= 11 is 1.38. The van der Waals surface area contributed by atoms with Gasteiger partial charge in [-0.3, -0.25) is 9.36 Å². The molecule has 3 aromatic carbocycles. The fraction of sp³-hybridized carbons (Fsp3) is 0.250. The first-order chi connectivity index (χ1) is 14.7. The third kappa shape index (κ3) is 4.35. The van der Waals surface area contributed by atoms with E-state index in [1.807, 2.05) is 67.6 Å². The van der Waals surface area contributed by atoms with Crippen LogP contribution in [0.25, 0.3) is 21.7 Å². The molecule has 0 amide bonds. The van der Waals surface area contributed by atoms with Gasteiger partial charge < -0.3 is 9.84 Å².